The number of carbonyl (C=O) groups is 1. The maximum atomic E-state index is 12.1. The molecule has 2 rings (SSSR count). The van der Waals surface area contributed by atoms with Gasteiger partial charge < -0.3 is 0 Å². The van der Waals surface area contributed by atoms with Gasteiger partial charge in [-0.3, -0.25) is 14.9 Å². The van der Waals surface area contributed by atoms with Crippen LogP contribution in [0.3, 0.4) is 0 Å². The molecule has 0 heterocycles. The number of rotatable bonds is 7. The molecule has 122 valence electrons. The molecule has 0 aliphatic heterocycles. The lowest BCUT2D eigenvalue weighted by molar-refractivity contribution is -0.129. The van der Waals surface area contributed by atoms with Gasteiger partial charge in [-0.05, 0) is 29.8 Å². The van der Waals surface area contributed by atoms with E-state index in [0.717, 1.165) is 30.8 Å². The SMILES string of the molecule is CCN(CC)Cc1ccc(C(C(=O)NO)c2ccccc2)cc1. The number of benzene rings is 2. The standard InChI is InChI=1S/C19H24N2O2/c1-3-21(4-2)14-15-10-12-17(13-11-15)18(19(22)20-23)16-8-6-5-7-9-16/h5-13,18,23H,3-4,14H2,1-2H3,(H,20,22). The molecule has 2 aromatic rings. The van der Waals surface area contributed by atoms with E-state index in [9.17, 15) is 4.79 Å². The highest BCUT2D eigenvalue weighted by Crippen LogP contribution is 2.25. The van der Waals surface area contributed by atoms with Gasteiger partial charge in [-0.1, -0.05) is 68.4 Å². The number of nitrogens with one attached hydrogen (secondary N) is 1. The van der Waals surface area contributed by atoms with Crippen molar-refractivity contribution >= 4 is 5.91 Å². The van der Waals surface area contributed by atoms with Gasteiger partial charge >= 0.3 is 0 Å². The lowest BCUT2D eigenvalue weighted by Crippen LogP contribution is -2.27. The van der Waals surface area contributed by atoms with Crippen molar-refractivity contribution in [2.24, 2.45) is 0 Å². The normalized spacial score (nSPS) is 12.2. The van der Waals surface area contributed by atoms with E-state index in [4.69, 9.17) is 5.21 Å². The van der Waals surface area contributed by atoms with Crippen molar-refractivity contribution < 1.29 is 10.0 Å². The minimum atomic E-state index is -0.510. The lowest BCUT2D eigenvalue weighted by atomic mass is 9.90. The first kappa shape index (κ1) is 17.2. The van der Waals surface area contributed by atoms with E-state index in [1.807, 2.05) is 54.6 Å². The molecule has 0 saturated carbocycles. The van der Waals surface area contributed by atoms with Crippen LogP contribution in [0.4, 0.5) is 0 Å². The van der Waals surface area contributed by atoms with Crippen molar-refractivity contribution in [3.8, 4) is 0 Å². The van der Waals surface area contributed by atoms with E-state index < -0.39 is 11.8 Å². The van der Waals surface area contributed by atoms with Gasteiger partial charge in [-0.25, -0.2) is 5.48 Å². The first-order valence-corrected chi connectivity index (χ1v) is 7.99. The highest BCUT2D eigenvalue weighted by molar-refractivity contribution is 5.86. The molecule has 1 unspecified atom stereocenters. The summed E-state index contributed by atoms with van der Waals surface area (Å²) in [6.45, 7) is 7.22. The summed E-state index contributed by atoms with van der Waals surface area (Å²) in [5.74, 6) is -0.934. The van der Waals surface area contributed by atoms with E-state index in [1.165, 1.54) is 5.56 Å². The van der Waals surface area contributed by atoms with Gasteiger partial charge in [0, 0.05) is 6.54 Å². The number of hydrogen-bond donors (Lipinski definition) is 2. The van der Waals surface area contributed by atoms with Crippen LogP contribution in [0.2, 0.25) is 0 Å². The fourth-order valence-corrected chi connectivity index (χ4v) is 2.73. The van der Waals surface area contributed by atoms with Gasteiger partial charge in [-0.2, -0.15) is 0 Å². The molecule has 1 atom stereocenters. The molecule has 1 amide bonds. The van der Waals surface area contributed by atoms with E-state index in [1.54, 1.807) is 5.48 Å². The summed E-state index contributed by atoms with van der Waals surface area (Å²) in [6, 6.07) is 17.5. The molecule has 23 heavy (non-hydrogen) atoms. The van der Waals surface area contributed by atoms with Crippen LogP contribution in [-0.4, -0.2) is 29.1 Å². The third-order valence-corrected chi connectivity index (χ3v) is 4.12. The summed E-state index contributed by atoms with van der Waals surface area (Å²) in [4.78, 5) is 14.4. The first-order valence-electron chi connectivity index (χ1n) is 7.99. The minimum Gasteiger partial charge on any atom is -0.300 e. The lowest BCUT2D eigenvalue weighted by Gasteiger charge is -2.19. The van der Waals surface area contributed by atoms with Crippen molar-refractivity contribution in [2.45, 2.75) is 26.3 Å². The quantitative estimate of drug-likeness (QED) is 0.610. The molecular formula is C19H24N2O2. The van der Waals surface area contributed by atoms with Gasteiger partial charge in [-0.15, -0.1) is 0 Å². The Morgan fingerprint density at radius 1 is 1.00 bits per heavy atom. The second kappa shape index (κ2) is 8.46. The summed E-state index contributed by atoms with van der Waals surface area (Å²) < 4.78 is 0. The van der Waals surface area contributed by atoms with Crippen molar-refractivity contribution in [1.29, 1.82) is 0 Å². The summed E-state index contributed by atoms with van der Waals surface area (Å²) in [6.07, 6.45) is 0. The molecule has 4 heteroatoms. The largest absolute Gasteiger partial charge is 0.300 e. The van der Waals surface area contributed by atoms with Crippen molar-refractivity contribution in [3.05, 3.63) is 71.3 Å². The molecule has 4 nitrogen and oxygen atoms in total. The number of hydrogen-bond acceptors (Lipinski definition) is 3. The maximum Gasteiger partial charge on any atom is 0.255 e. The molecule has 0 fully saturated rings. The molecule has 0 aliphatic rings. The van der Waals surface area contributed by atoms with Gasteiger partial charge in [0.1, 0.15) is 0 Å². The van der Waals surface area contributed by atoms with Gasteiger partial charge in [0.05, 0.1) is 5.92 Å². The summed E-state index contributed by atoms with van der Waals surface area (Å²) in [5.41, 5.74) is 4.72. The van der Waals surface area contributed by atoms with Crippen molar-refractivity contribution in [2.75, 3.05) is 13.1 Å². The van der Waals surface area contributed by atoms with Crippen LogP contribution in [0.1, 0.15) is 36.5 Å². The second-order valence-corrected chi connectivity index (χ2v) is 5.52. The second-order valence-electron chi connectivity index (χ2n) is 5.52. The van der Waals surface area contributed by atoms with Crippen LogP contribution in [0.15, 0.2) is 54.6 Å². The third kappa shape index (κ3) is 4.41. The summed E-state index contributed by atoms with van der Waals surface area (Å²) in [5, 5.41) is 9.06. The molecule has 2 aromatic carbocycles. The average Bonchev–Trinajstić information content (AvgIpc) is 2.61. The molecular weight excluding hydrogens is 288 g/mol. The molecule has 0 radical (unpaired) electrons. The number of nitrogens with zero attached hydrogens (tertiary/aromatic N) is 1. The Morgan fingerprint density at radius 3 is 2.09 bits per heavy atom. The zero-order chi connectivity index (χ0) is 16.7. The zero-order valence-electron chi connectivity index (χ0n) is 13.7. The topological polar surface area (TPSA) is 52.6 Å². The third-order valence-electron chi connectivity index (χ3n) is 4.12. The van der Waals surface area contributed by atoms with Crippen molar-refractivity contribution in [3.63, 3.8) is 0 Å². The van der Waals surface area contributed by atoms with E-state index in [-0.39, 0.29) is 0 Å². The van der Waals surface area contributed by atoms with Crippen LogP contribution in [0.5, 0.6) is 0 Å². The number of hydroxylamine groups is 1. The Bertz CT molecular complexity index is 607. The smallest absolute Gasteiger partial charge is 0.255 e. The first-order chi connectivity index (χ1) is 11.2. The molecule has 0 aromatic heterocycles. The van der Waals surface area contributed by atoms with Gasteiger partial charge in [0.2, 0.25) is 0 Å². The van der Waals surface area contributed by atoms with E-state index in [0.29, 0.717) is 0 Å². The van der Waals surface area contributed by atoms with Crippen molar-refractivity contribution in [1.82, 2.24) is 10.4 Å². The fraction of sp³-hybridized carbons (Fsp3) is 0.316. The van der Waals surface area contributed by atoms with Crippen LogP contribution in [-0.2, 0) is 11.3 Å². The summed E-state index contributed by atoms with van der Waals surface area (Å²) in [7, 11) is 0. The fourth-order valence-electron chi connectivity index (χ4n) is 2.73. The number of carbonyl (C=O) groups excluding carboxylic acids is 1. The monoisotopic (exact) mass is 312 g/mol. The Balaban J connectivity index is 2.25. The predicted molar refractivity (Wildman–Crippen MR) is 91.3 cm³/mol. The van der Waals surface area contributed by atoms with Crippen LogP contribution >= 0.6 is 0 Å². The predicted octanol–water partition coefficient (Wildman–Crippen LogP) is 3.17. The van der Waals surface area contributed by atoms with Crippen LogP contribution < -0.4 is 5.48 Å². The average molecular weight is 312 g/mol. The maximum absolute atomic E-state index is 12.1. The minimum absolute atomic E-state index is 0.423. The van der Waals surface area contributed by atoms with E-state index in [2.05, 4.69) is 18.7 Å². The molecule has 0 bridgehead atoms. The molecule has 2 N–H and O–H groups in total. The number of amides is 1. The highest BCUT2D eigenvalue weighted by atomic mass is 16.5. The zero-order valence-corrected chi connectivity index (χ0v) is 13.7. The molecule has 0 aliphatic carbocycles. The van der Waals surface area contributed by atoms with E-state index >= 15 is 0 Å². The highest BCUT2D eigenvalue weighted by Gasteiger charge is 2.22. The van der Waals surface area contributed by atoms with Crippen LogP contribution in [0.25, 0.3) is 0 Å². The Labute approximate surface area is 137 Å². The molecule has 0 spiro atoms. The Hall–Kier alpha value is -2.17. The van der Waals surface area contributed by atoms with Crippen LogP contribution in [0, 0.1) is 0 Å². The molecule has 0 saturated heterocycles. The van der Waals surface area contributed by atoms with Gasteiger partial charge in [0.15, 0.2) is 0 Å². The summed E-state index contributed by atoms with van der Waals surface area (Å²) >= 11 is 0. The Morgan fingerprint density at radius 2 is 1.57 bits per heavy atom. The van der Waals surface area contributed by atoms with Gasteiger partial charge in [0.25, 0.3) is 5.91 Å². The Kier molecular flexibility index (Phi) is 6.32.